The fourth-order valence-corrected chi connectivity index (χ4v) is 3.03. The van der Waals surface area contributed by atoms with Gasteiger partial charge in [-0.2, -0.15) is 0 Å². The Labute approximate surface area is 104 Å². The summed E-state index contributed by atoms with van der Waals surface area (Å²) in [7, 11) is 1.79. The SMILES string of the molecule is COC1CCCC(NC2(CO)CCOCC2)C1. The molecule has 2 unspecified atom stereocenters. The van der Waals surface area contributed by atoms with Gasteiger partial charge in [0.25, 0.3) is 0 Å². The number of hydrogen-bond acceptors (Lipinski definition) is 4. The summed E-state index contributed by atoms with van der Waals surface area (Å²) in [6.45, 7) is 1.73. The van der Waals surface area contributed by atoms with Crippen LogP contribution in [0.3, 0.4) is 0 Å². The predicted molar refractivity (Wildman–Crippen MR) is 66.1 cm³/mol. The highest BCUT2D eigenvalue weighted by Gasteiger charge is 2.35. The second kappa shape index (κ2) is 6.14. The molecular weight excluding hydrogens is 218 g/mol. The Hall–Kier alpha value is -0.160. The first-order valence-corrected chi connectivity index (χ1v) is 6.77. The number of aliphatic hydroxyl groups excluding tert-OH is 1. The summed E-state index contributed by atoms with van der Waals surface area (Å²) in [6, 6.07) is 0.485. The molecule has 0 amide bonds. The van der Waals surface area contributed by atoms with Crippen LogP contribution < -0.4 is 5.32 Å². The van der Waals surface area contributed by atoms with Crippen molar-refractivity contribution in [2.24, 2.45) is 0 Å². The summed E-state index contributed by atoms with van der Waals surface area (Å²) in [5.74, 6) is 0. The van der Waals surface area contributed by atoms with Crippen molar-refractivity contribution in [1.82, 2.24) is 5.32 Å². The standard InChI is InChI=1S/C13H25NO3/c1-16-12-4-2-3-11(9-12)14-13(10-15)5-7-17-8-6-13/h11-12,14-15H,2-10H2,1H3. The van der Waals surface area contributed by atoms with Crippen LogP contribution in [0.5, 0.6) is 0 Å². The average Bonchev–Trinajstić information content (AvgIpc) is 2.40. The Morgan fingerprint density at radius 2 is 2.12 bits per heavy atom. The summed E-state index contributed by atoms with van der Waals surface area (Å²) in [5, 5.41) is 13.3. The maximum Gasteiger partial charge on any atom is 0.0615 e. The maximum absolute atomic E-state index is 9.65. The van der Waals surface area contributed by atoms with Crippen molar-refractivity contribution >= 4 is 0 Å². The van der Waals surface area contributed by atoms with Crippen molar-refractivity contribution < 1.29 is 14.6 Å². The Bertz CT molecular complexity index is 229. The zero-order valence-corrected chi connectivity index (χ0v) is 10.8. The van der Waals surface area contributed by atoms with Crippen LogP contribution >= 0.6 is 0 Å². The molecule has 0 aromatic carbocycles. The highest BCUT2D eigenvalue weighted by Crippen LogP contribution is 2.26. The van der Waals surface area contributed by atoms with Crippen LogP contribution in [0, 0.1) is 0 Å². The van der Waals surface area contributed by atoms with Gasteiger partial charge in [0.05, 0.1) is 12.7 Å². The molecule has 1 aliphatic carbocycles. The van der Waals surface area contributed by atoms with E-state index in [4.69, 9.17) is 9.47 Å². The van der Waals surface area contributed by atoms with Gasteiger partial charge in [0.1, 0.15) is 0 Å². The van der Waals surface area contributed by atoms with Crippen LogP contribution in [-0.4, -0.2) is 49.7 Å². The van der Waals surface area contributed by atoms with Crippen LogP contribution in [0.4, 0.5) is 0 Å². The molecule has 1 saturated carbocycles. The Kier molecular flexibility index (Phi) is 4.79. The first-order valence-electron chi connectivity index (χ1n) is 6.77. The summed E-state index contributed by atoms with van der Waals surface area (Å²) in [4.78, 5) is 0. The van der Waals surface area contributed by atoms with E-state index in [0.29, 0.717) is 12.1 Å². The zero-order valence-electron chi connectivity index (χ0n) is 10.8. The minimum Gasteiger partial charge on any atom is -0.394 e. The predicted octanol–water partition coefficient (Wildman–Crippen LogP) is 1.08. The highest BCUT2D eigenvalue weighted by atomic mass is 16.5. The third-order valence-electron chi connectivity index (χ3n) is 4.22. The number of rotatable bonds is 4. The minimum absolute atomic E-state index is 0.113. The molecule has 1 aliphatic heterocycles. The van der Waals surface area contributed by atoms with Gasteiger partial charge in [-0.1, -0.05) is 0 Å². The van der Waals surface area contributed by atoms with Crippen molar-refractivity contribution in [3.8, 4) is 0 Å². The normalized spacial score (nSPS) is 33.5. The van der Waals surface area contributed by atoms with E-state index in [-0.39, 0.29) is 12.1 Å². The quantitative estimate of drug-likeness (QED) is 0.775. The topological polar surface area (TPSA) is 50.7 Å². The van der Waals surface area contributed by atoms with Gasteiger partial charge >= 0.3 is 0 Å². The first kappa shape index (κ1) is 13.3. The van der Waals surface area contributed by atoms with Crippen LogP contribution in [0.15, 0.2) is 0 Å². The monoisotopic (exact) mass is 243 g/mol. The first-order chi connectivity index (χ1) is 8.28. The van der Waals surface area contributed by atoms with Gasteiger partial charge < -0.3 is 19.9 Å². The van der Waals surface area contributed by atoms with E-state index in [2.05, 4.69) is 5.32 Å². The summed E-state index contributed by atoms with van der Waals surface area (Å²) >= 11 is 0. The van der Waals surface area contributed by atoms with Crippen LogP contribution in [0.2, 0.25) is 0 Å². The fraction of sp³-hybridized carbons (Fsp3) is 1.00. The smallest absolute Gasteiger partial charge is 0.0615 e. The Morgan fingerprint density at radius 3 is 2.76 bits per heavy atom. The lowest BCUT2D eigenvalue weighted by Gasteiger charge is -2.41. The molecule has 2 fully saturated rings. The summed E-state index contributed by atoms with van der Waals surface area (Å²) in [5.41, 5.74) is -0.113. The molecule has 0 bridgehead atoms. The molecule has 1 heterocycles. The molecule has 2 aliphatic rings. The van der Waals surface area contributed by atoms with E-state index in [9.17, 15) is 5.11 Å². The number of nitrogens with one attached hydrogen (secondary N) is 1. The fourth-order valence-electron chi connectivity index (χ4n) is 3.03. The maximum atomic E-state index is 9.65. The molecule has 0 aromatic heterocycles. The lowest BCUT2D eigenvalue weighted by molar-refractivity contribution is -0.00541. The molecule has 2 N–H and O–H groups in total. The lowest BCUT2D eigenvalue weighted by atomic mass is 9.86. The third kappa shape index (κ3) is 3.41. The van der Waals surface area contributed by atoms with Gasteiger partial charge in [0.2, 0.25) is 0 Å². The van der Waals surface area contributed by atoms with Gasteiger partial charge in [0.15, 0.2) is 0 Å². The zero-order chi connectivity index (χ0) is 12.1. The van der Waals surface area contributed by atoms with Crippen molar-refractivity contribution in [2.45, 2.75) is 56.2 Å². The van der Waals surface area contributed by atoms with Crippen molar-refractivity contribution in [1.29, 1.82) is 0 Å². The molecular formula is C13H25NO3. The van der Waals surface area contributed by atoms with Crippen molar-refractivity contribution in [2.75, 3.05) is 26.9 Å². The van der Waals surface area contributed by atoms with Gasteiger partial charge in [0, 0.05) is 31.9 Å². The van der Waals surface area contributed by atoms with E-state index in [1.54, 1.807) is 7.11 Å². The largest absolute Gasteiger partial charge is 0.394 e. The van der Waals surface area contributed by atoms with Crippen molar-refractivity contribution in [3.63, 3.8) is 0 Å². The number of ether oxygens (including phenoxy) is 2. The molecule has 2 rings (SSSR count). The third-order valence-corrected chi connectivity index (χ3v) is 4.22. The number of methoxy groups -OCH3 is 1. The Morgan fingerprint density at radius 1 is 1.35 bits per heavy atom. The van der Waals surface area contributed by atoms with Gasteiger partial charge in [-0.05, 0) is 38.5 Å². The van der Waals surface area contributed by atoms with Crippen LogP contribution in [-0.2, 0) is 9.47 Å². The molecule has 0 spiro atoms. The number of hydrogen-bond donors (Lipinski definition) is 2. The molecule has 4 heteroatoms. The van der Waals surface area contributed by atoms with Crippen LogP contribution in [0.1, 0.15) is 38.5 Å². The van der Waals surface area contributed by atoms with Gasteiger partial charge in [-0.3, -0.25) is 0 Å². The number of aliphatic hydroxyl groups is 1. The highest BCUT2D eigenvalue weighted by molar-refractivity contribution is 4.93. The molecule has 1 saturated heterocycles. The van der Waals surface area contributed by atoms with Gasteiger partial charge in [-0.15, -0.1) is 0 Å². The lowest BCUT2D eigenvalue weighted by Crippen LogP contribution is -2.57. The van der Waals surface area contributed by atoms with Gasteiger partial charge in [-0.25, -0.2) is 0 Å². The molecule has 4 nitrogen and oxygen atoms in total. The Balaban J connectivity index is 1.88. The average molecular weight is 243 g/mol. The summed E-state index contributed by atoms with van der Waals surface area (Å²) in [6.07, 6.45) is 6.87. The summed E-state index contributed by atoms with van der Waals surface area (Å²) < 4.78 is 10.8. The molecule has 100 valence electrons. The van der Waals surface area contributed by atoms with E-state index >= 15 is 0 Å². The van der Waals surface area contributed by atoms with E-state index in [0.717, 1.165) is 32.5 Å². The second-order valence-electron chi connectivity index (χ2n) is 5.42. The second-order valence-corrected chi connectivity index (χ2v) is 5.42. The molecule has 17 heavy (non-hydrogen) atoms. The van der Waals surface area contributed by atoms with Crippen molar-refractivity contribution in [3.05, 3.63) is 0 Å². The van der Waals surface area contributed by atoms with E-state index in [1.165, 1.54) is 19.3 Å². The van der Waals surface area contributed by atoms with Crippen LogP contribution in [0.25, 0.3) is 0 Å². The molecule has 0 radical (unpaired) electrons. The minimum atomic E-state index is -0.113. The molecule has 0 aromatic rings. The van der Waals surface area contributed by atoms with E-state index < -0.39 is 0 Å². The van der Waals surface area contributed by atoms with E-state index in [1.807, 2.05) is 0 Å². The molecule has 2 atom stereocenters.